The summed E-state index contributed by atoms with van der Waals surface area (Å²) in [5.74, 6) is -0.432. The summed E-state index contributed by atoms with van der Waals surface area (Å²) in [6, 6.07) is 0. The van der Waals surface area contributed by atoms with Gasteiger partial charge in [-0.2, -0.15) is 0 Å². The summed E-state index contributed by atoms with van der Waals surface area (Å²) in [6.45, 7) is 7.62. The molecule has 0 saturated carbocycles. The van der Waals surface area contributed by atoms with E-state index in [4.69, 9.17) is 14.2 Å². The van der Waals surface area contributed by atoms with Gasteiger partial charge >= 0.3 is 11.9 Å². The number of esters is 2. The molecule has 5 heteroatoms. The maximum absolute atomic E-state index is 12.7. The number of allylic oxidation sites excluding steroid dienone is 14. The van der Waals surface area contributed by atoms with Crippen LogP contribution >= 0.6 is 0 Å². The first-order valence-electron chi connectivity index (χ1n) is 25.1. The number of rotatable bonds is 45. The molecule has 0 amide bonds. The summed E-state index contributed by atoms with van der Waals surface area (Å²) < 4.78 is 17.3. The van der Waals surface area contributed by atoms with Crippen molar-refractivity contribution in [2.75, 3.05) is 19.8 Å². The van der Waals surface area contributed by atoms with Crippen molar-refractivity contribution in [3.05, 3.63) is 85.1 Å². The Hall–Kier alpha value is -2.92. The Morgan fingerprint density at radius 3 is 1.23 bits per heavy atom. The van der Waals surface area contributed by atoms with E-state index in [9.17, 15) is 9.59 Å². The fraction of sp³-hybridized carbons (Fsp3) is 0.709. The molecule has 0 bridgehead atoms. The summed E-state index contributed by atoms with van der Waals surface area (Å²) in [4.78, 5) is 25.3. The molecule has 0 heterocycles. The van der Waals surface area contributed by atoms with Gasteiger partial charge in [0, 0.05) is 19.4 Å². The Morgan fingerprint density at radius 2 is 0.750 bits per heavy atom. The maximum Gasteiger partial charge on any atom is 0.306 e. The molecule has 344 valence electrons. The minimum atomic E-state index is -0.549. The average Bonchev–Trinajstić information content (AvgIpc) is 3.25. The second kappa shape index (κ2) is 50.4. The van der Waals surface area contributed by atoms with Gasteiger partial charge in [-0.3, -0.25) is 9.59 Å². The number of carbonyl (C=O) groups excluding carboxylic acids is 2. The van der Waals surface area contributed by atoms with Crippen LogP contribution in [0.5, 0.6) is 0 Å². The Bertz CT molecular complexity index is 1130. The van der Waals surface area contributed by atoms with Crippen molar-refractivity contribution in [3.8, 4) is 0 Å². The molecule has 0 aromatic rings. The standard InChI is InChI=1S/C55H94O5/c1-4-7-10-13-16-18-20-22-24-26-28-30-32-34-36-38-40-42-45-48-54(56)59-52-53(51-58-50-47-44-15-12-9-6-3)60-55(57)49-46-43-41-39-37-35-33-31-29-27-25-23-21-19-17-14-11-8-5-2/h7,10,16-19,22-25,28-31,53H,4-6,8-9,11-15,20-21,26-27,32-52H2,1-3H3/b10-7-,18-16-,19-17-,24-22-,25-23-,30-28-,31-29-. The fourth-order valence-electron chi connectivity index (χ4n) is 6.68. The van der Waals surface area contributed by atoms with Gasteiger partial charge in [0.05, 0.1) is 6.61 Å². The van der Waals surface area contributed by atoms with Gasteiger partial charge in [0.1, 0.15) is 6.61 Å². The molecule has 0 aliphatic rings. The van der Waals surface area contributed by atoms with Crippen LogP contribution in [0.1, 0.15) is 226 Å². The third kappa shape index (κ3) is 47.8. The molecule has 0 spiro atoms. The van der Waals surface area contributed by atoms with E-state index in [1.165, 1.54) is 89.9 Å². The molecule has 0 aromatic heterocycles. The highest BCUT2D eigenvalue weighted by atomic mass is 16.6. The molecule has 0 aromatic carbocycles. The SMILES string of the molecule is CC/C=C\C/C=C\C/C=C\C/C=C\CCCCCCCCC(=O)OCC(COCCCCCCCC)OC(=O)CCCCCCCC/C=C\C/C=C\C/C=C\CCCCC. The van der Waals surface area contributed by atoms with Gasteiger partial charge in [0.25, 0.3) is 0 Å². The third-order valence-corrected chi connectivity index (χ3v) is 10.4. The van der Waals surface area contributed by atoms with Crippen molar-refractivity contribution >= 4 is 11.9 Å². The molecule has 0 radical (unpaired) electrons. The summed E-state index contributed by atoms with van der Waals surface area (Å²) in [5, 5.41) is 0. The van der Waals surface area contributed by atoms with E-state index in [-0.39, 0.29) is 25.2 Å². The molecule has 1 unspecified atom stereocenters. The minimum Gasteiger partial charge on any atom is -0.462 e. The van der Waals surface area contributed by atoms with E-state index in [2.05, 4.69) is 106 Å². The number of carbonyl (C=O) groups is 2. The van der Waals surface area contributed by atoms with Crippen LogP contribution in [0, 0.1) is 0 Å². The molecule has 0 aliphatic heterocycles. The smallest absolute Gasteiger partial charge is 0.306 e. The van der Waals surface area contributed by atoms with Crippen LogP contribution < -0.4 is 0 Å². The summed E-state index contributed by atoms with van der Waals surface area (Å²) in [6.07, 6.45) is 65.9. The van der Waals surface area contributed by atoms with Gasteiger partial charge in [-0.05, 0) is 96.3 Å². The van der Waals surface area contributed by atoms with Gasteiger partial charge in [-0.25, -0.2) is 0 Å². The van der Waals surface area contributed by atoms with Crippen molar-refractivity contribution in [1.82, 2.24) is 0 Å². The van der Waals surface area contributed by atoms with Crippen LogP contribution in [-0.2, 0) is 23.8 Å². The monoisotopic (exact) mass is 835 g/mol. The van der Waals surface area contributed by atoms with Crippen LogP contribution in [0.15, 0.2) is 85.1 Å². The molecule has 60 heavy (non-hydrogen) atoms. The average molecular weight is 835 g/mol. The molecule has 0 aliphatic carbocycles. The normalized spacial score (nSPS) is 12.9. The zero-order valence-electron chi connectivity index (χ0n) is 39.5. The van der Waals surface area contributed by atoms with Crippen LogP contribution in [0.4, 0.5) is 0 Å². The van der Waals surface area contributed by atoms with Gasteiger partial charge in [0.15, 0.2) is 6.10 Å². The van der Waals surface area contributed by atoms with Crippen LogP contribution in [0.2, 0.25) is 0 Å². The zero-order chi connectivity index (χ0) is 43.5. The topological polar surface area (TPSA) is 61.8 Å². The number of hydrogen-bond donors (Lipinski definition) is 0. The second-order valence-corrected chi connectivity index (χ2v) is 16.3. The van der Waals surface area contributed by atoms with Gasteiger partial charge in [-0.15, -0.1) is 0 Å². The van der Waals surface area contributed by atoms with Crippen LogP contribution in [0.3, 0.4) is 0 Å². The van der Waals surface area contributed by atoms with Crippen LogP contribution in [-0.4, -0.2) is 37.9 Å². The summed E-state index contributed by atoms with van der Waals surface area (Å²) in [5.41, 5.74) is 0. The molecule has 0 rings (SSSR count). The Balaban J connectivity index is 4.15. The molecular formula is C55H94O5. The van der Waals surface area contributed by atoms with E-state index in [0.717, 1.165) is 103 Å². The predicted octanol–water partition coefficient (Wildman–Crippen LogP) is 16.9. The first-order chi connectivity index (χ1) is 29.6. The van der Waals surface area contributed by atoms with Crippen molar-refractivity contribution in [1.29, 1.82) is 0 Å². The van der Waals surface area contributed by atoms with Crippen molar-refractivity contribution in [2.45, 2.75) is 232 Å². The maximum atomic E-state index is 12.7. The lowest BCUT2D eigenvalue weighted by molar-refractivity contribution is -0.163. The number of hydrogen-bond acceptors (Lipinski definition) is 5. The lowest BCUT2D eigenvalue weighted by Crippen LogP contribution is -2.30. The summed E-state index contributed by atoms with van der Waals surface area (Å²) in [7, 11) is 0. The van der Waals surface area contributed by atoms with Gasteiger partial charge in [-0.1, -0.05) is 202 Å². The molecule has 0 fully saturated rings. The van der Waals surface area contributed by atoms with E-state index in [1.807, 2.05) is 0 Å². The lowest BCUT2D eigenvalue weighted by Gasteiger charge is -2.18. The zero-order valence-corrected chi connectivity index (χ0v) is 39.5. The highest BCUT2D eigenvalue weighted by Gasteiger charge is 2.17. The lowest BCUT2D eigenvalue weighted by atomic mass is 10.1. The van der Waals surface area contributed by atoms with Crippen molar-refractivity contribution in [2.24, 2.45) is 0 Å². The van der Waals surface area contributed by atoms with Gasteiger partial charge in [0.2, 0.25) is 0 Å². The molecule has 5 nitrogen and oxygen atoms in total. The van der Waals surface area contributed by atoms with Crippen LogP contribution in [0.25, 0.3) is 0 Å². The number of ether oxygens (including phenoxy) is 3. The van der Waals surface area contributed by atoms with E-state index in [0.29, 0.717) is 19.4 Å². The Labute approximate surface area is 371 Å². The van der Waals surface area contributed by atoms with Gasteiger partial charge < -0.3 is 14.2 Å². The molecule has 0 saturated heterocycles. The molecule has 1 atom stereocenters. The second-order valence-electron chi connectivity index (χ2n) is 16.3. The fourth-order valence-corrected chi connectivity index (χ4v) is 6.68. The Kier molecular flexibility index (Phi) is 48.0. The molecular weight excluding hydrogens is 741 g/mol. The van der Waals surface area contributed by atoms with Crippen molar-refractivity contribution < 1.29 is 23.8 Å². The van der Waals surface area contributed by atoms with Crippen molar-refractivity contribution in [3.63, 3.8) is 0 Å². The number of unbranched alkanes of at least 4 members (excludes halogenated alkanes) is 20. The quantitative estimate of drug-likeness (QED) is 0.0347. The Morgan fingerprint density at radius 1 is 0.383 bits per heavy atom. The highest BCUT2D eigenvalue weighted by molar-refractivity contribution is 5.70. The molecule has 0 N–H and O–H groups in total. The third-order valence-electron chi connectivity index (χ3n) is 10.4. The highest BCUT2D eigenvalue weighted by Crippen LogP contribution is 2.13. The first-order valence-corrected chi connectivity index (χ1v) is 25.1. The summed E-state index contributed by atoms with van der Waals surface area (Å²) >= 11 is 0. The largest absolute Gasteiger partial charge is 0.462 e. The predicted molar refractivity (Wildman–Crippen MR) is 260 cm³/mol. The van der Waals surface area contributed by atoms with E-state index in [1.54, 1.807) is 0 Å². The minimum absolute atomic E-state index is 0.0691. The van der Waals surface area contributed by atoms with E-state index >= 15 is 0 Å². The first kappa shape index (κ1) is 57.1. The van der Waals surface area contributed by atoms with E-state index < -0.39 is 6.10 Å².